The number of nitrogens with one attached hydrogen (secondary N) is 1. The Morgan fingerprint density at radius 3 is 2.16 bits per heavy atom. The number of carbonyl (C=O) groups excluding carboxylic acids is 3. The lowest BCUT2D eigenvalue weighted by Crippen LogP contribution is -2.48. The average molecular weight is 343 g/mol. The molecule has 1 unspecified atom stereocenters. The van der Waals surface area contributed by atoms with Crippen LogP contribution in [0.3, 0.4) is 0 Å². The second-order valence-electron chi connectivity index (χ2n) is 7.10. The van der Waals surface area contributed by atoms with Gasteiger partial charge in [0.25, 0.3) is 11.8 Å². The van der Waals surface area contributed by atoms with Crippen LogP contribution in [0.1, 0.15) is 47.4 Å². The number of benzene rings is 1. The Bertz CT molecular complexity index is 645. The normalized spacial score (nSPS) is 18.8. The van der Waals surface area contributed by atoms with E-state index >= 15 is 0 Å². The van der Waals surface area contributed by atoms with Crippen molar-refractivity contribution in [3.63, 3.8) is 0 Å². The fourth-order valence-corrected chi connectivity index (χ4v) is 3.66. The van der Waals surface area contributed by atoms with Crippen molar-refractivity contribution in [3.8, 4) is 0 Å². The van der Waals surface area contributed by atoms with E-state index in [0.29, 0.717) is 23.6 Å². The largest absolute Gasteiger partial charge is 0.353 e. The van der Waals surface area contributed by atoms with Gasteiger partial charge < -0.3 is 5.32 Å². The molecular formula is C19H25N3O3. The van der Waals surface area contributed by atoms with Gasteiger partial charge >= 0.3 is 0 Å². The molecule has 1 saturated heterocycles. The van der Waals surface area contributed by atoms with E-state index in [1.165, 1.54) is 12.8 Å². The number of imide groups is 1. The average Bonchev–Trinajstić information content (AvgIpc) is 3.19. The first kappa shape index (κ1) is 17.6. The summed E-state index contributed by atoms with van der Waals surface area (Å²) in [5, 5.41) is 2.91. The summed E-state index contributed by atoms with van der Waals surface area (Å²) < 4.78 is 0. The summed E-state index contributed by atoms with van der Waals surface area (Å²) in [6.45, 7) is 6.75. The Hall–Kier alpha value is -2.21. The van der Waals surface area contributed by atoms with Crippen molar-refractivity contribution in [1.82, 2.24) is 15.1 Å². The molecule has 1 atom stereocenters. The van der Waals surface area contributed by atoms with Gasteiger partial charge in [-0.3, -0.25) is 24.2 Å². The Morgan fingerprint density at radius 2 is 1.64 bits per heavy atom. The summed E-state index contributed by atoms with van der Waals surface area (Å²) in [5.41, 5.74) is 0.745. The molecule has 2 aliphatic rings. The van der Waals surface area contributed by atoms with Crippen LogP contribution < -0.4 is 5.32 Å². The van der Waals surface area contributed by atoms with Crippen molar-refractivity contribution < 1.29 is 14.4 Å². The Balaban J connectivity index is 1.58. The van der Waals surface area contributed by atoms with E-state index < -0.39 is 11.8 Å². The summed E-state index contributed by atoms with van der Waals surface area (Å²) >= 11 is 0. The molecule has 1 aromatic carbocycles. The van der Waals surface area contributed by atoms with Gasteiger partial charge in [-0.15, -0.1) is 0 Å². The molecule has 1 N–H and O–H groups in total. The highest BCUT2D eigenvalue weighted by Crippen LogP contribution is 2.22. The third-order valence-electron chi connectivity index (χ3n) is 5.07. The minimum absolute atomic E-state index is 0.225. The van der Waals surface area contributed by atoms with E-state index in [2.05, 4.69) is 24.1 Å². The number of fused-ring (bicyclic) bond motifs is 1. The molecule has 0 aromatic heterocycles. The fourth-order valence-electron chi connectivity index (χ4n) is 3.66. The van der Waals surface area contributed by atoms with Gasteiger partial charge in [0.1, 0.15) is 6.54 Å². The van der Waals surface area contributed by atoms with Crippen molar-refractivity contribution in [2.45, 2.75) is 32.7 Å². The Labute approximate surface area is 148 Å². The van der Waals surface area contributed by atoms with Gasteiger partial charge in [0.05, 0.1) is 11.1 Å². The maximum Gasteiger partial charge on any atom is 0.262 e. The topological polar surface area (TPSA) is 69.7 Å². The highest BCUT2D eigenvalue weighted by molar-refractivity contribution is 6.22. The maximum absolute atomic E-state index is 12.3. The van der Waals surface area contributed by atoms with Gasteiger partial charge in [-0.05, 0) is 44.0 Å². The first-order valence-corrected chi connectivity index (χ1v) is 8.95. The zero-order chi connectivity index (χ0) is 18.0. The zero-order valence-corrected chi connectivity index (χ0v) is 14.8. The van der Waals surface area contributed by atoms with Gasteiger partial charge in [-0.1, -0.05) is 26.0 Å². The molecule has 6 heteroatoms. The highest BCUT2D eigenvalue weighted by atomic mass is 16.2. The molecule has 2 aliphatic heterocycles. The van der Waals surface area contributed by atoms with Crippen molar-refractivity contribution >= 4 is 17.7 Å². The van der Waals surface area contributed by atoms with E-state index in [4.69, 9.17) is 0 Å². The molecule has 6 nitrogen and oxygen atoms in total. The molecule has 3 rings (SSSR count). The molecule has 3 amide bonds. The second kappa shape index (κ2) is 7.35. The Morgan fingerprint density at radius 1 is 1.08 bits per heavy atom. The molecule has 25 heavy (non-hydrogen) atoms. The second-order valence-corrected chi connectivity index (χ2v) is 7.10. The number of hydrogen-bond acceptors (Lipinski definition) is 4. The standard InChI is InChI=1S/C19H25N3O3/c1-13(2)16(21-9-5-6-10-21)11-20-17(23)12-22-18(24)14-7-3-4-8-15(14)19(22)25/h3-4,7-8,13,16H,5-6,9-12H2,1-2H3,(H,20,23). The first-order valence-electron chi connectivity index (χ1n) is 8.95. The molecule has 0 aliphatic carbocycles. The number of nitrogens with zero attached hydrogens (tertiary/aromatic N) is 2. The van der Waals surface area contributed by atoms with Crippen molar-refractivity contribution in [3.05, 3.63) is 35.4 Å². The van der Waals surface area contributed by atoms with E-state index in [1.807, 2.05) is 0 Å². The number of amides is 3. The monoisotopic (exact) mass is 343 g/mol. The van der Waals surface area contributed by atoms with Crippen LogP contribution in [-0.4, -0.2) is 59.7 Å². The number of carbonyl (C=O) groups is 3. The molecule has 0 radical (unpaired) electrons. The molecule has 134 valence electrons. The Kier molecular flexibility index (Phi) is 5.18. The van der Waals surface area contributed by atoms with Gasteiger partial charge in [0.15, 0.2) is 0 Å². The van der Waals surface area contributed by atoms with Gasteiger partial charge in [0.2, 0.25) is 5.91 Å². The van der Waals surface area contributed by atoms with Crippen LogP contribution in [-0.2, 0) is 4.79 Å². The molecule has 0 bridgehead atoms. The van der Waals surface area contributed by atoms with Crippen molar-refractivity contribution in [2.24, 2.45) is 5.92 Å². The van der Waals surface area contributed by atoms with Gasteiger partial charge in [0, 0.05) is 12.6 Å². The van der Waals surface area contributed by atoms with Crippen LogP contribution in [0.5, 0.6) is 0 Å². The summed E-state index contributed by atoms with van der Waals surface area (Å²) in [4.78, 5) is 40.4. The lowest BCUT2D eigenvalue weighted by atomic mass is 10.0. The third kappa shape index (κ3) is 3.58. The minimum atomic E-state index is -0.393. The lowest BCUT2D eigenvalue weighted by Gasteiger charge is -2.31. The number of rotatable bonds is 6. The molecule has 0 spiro atoms. The molecule has 2 heterocycles. The predicted octanol–water partition coefficient (Wildman–Crippen LogP) is 1.52. The summed E-state index contributed by atoms with van der Waals surface area (Å²) in [7, 11) is 0. The molecule has 1 aromatic rings. The third-order valence-corrected chi connectivity index (χ3v) is 5.07. The van der Waals surface area contributed by atoms with E-state index in [1.54, 1.807) is 24.3 Å². The summed E-state index contributed by atoms with van der Waals surface area (Å²) in [6, 6.07) is 6.97. The van der Waals surface area contributed by atoms with E-state index in [9.17, 15) is 14.4 Å². The lowest BCUT2D eigenvalue weighted by molar-refractivity contribution is -0.121. The molecule has 0 saturated carbocycles. The maximum atomic E-state index is 12.3. The van der Waals surface area contributed by atoms with E-state index in [-0.39, 0.29) is 18.5 Å². The molecule has 1 fully saturated rings. The fraction of sp³-hybridized carbons (Fsp3) is 0.526. The van der Waals surface area contributed by atoms with Crippen molar-refractivity contribution in [2.75, 3.05) is 26.2 Å². The SMILES string of the molecule is CC(C)C(CNC(=O)CN1C(=O)c2ccccc2C1=O)N1CCCC1. The molecular weight excluding hydrogens is 318 g/mol. The number of likely N-dealkylation sites (tertiary alicyclic amines) is 1. The smallest absolute Gasteiger partial charge is 0.262 e. The van der Waals surface area contributed by atoms with E-state index in [0.717, 1.165) is 18.0 Å². The van der Waals surface area contributed by atoms with Crippen LogP contribution >= 0.6 is 0 Å². The van der Waals surface area contributed by atoms with Gasteiger partial charge in [-0.2, -0.15) is 0 Å². The van der Waals surface area contributed by atoms with Crippen LogP contribution in [0.25, 0.3) is 0 Å². The van der Waals surface area contributed by atoms with Gasteiger partial charge in [-0.25, -0.2) is 0 Å². The summed E-state index contributed by atoms with van der Waals surface area (Å²) in [6.07, 6.45) is 2.40. The van der Waals surface area contributed by atoms with Crippen LogP contribution in [0.15, 0.2) is 24.3 Å². The summed E-state index contributed by atoms with van der Waals surface area (Å²) in [5.74, 6) is -0.650. The predicted molar refractivity (Wildman–Crippen MR) is 94.3 cm³/mol. The highest BCUT2D eigenvalue weighted by Gasteiger charge is 2.36. The van der Waals surface area contributed by atoms with Crippen LogP contribution in [0, 0.1) is 5.92 Å². The number of hydrogen-bond donors (Lipinski definition) is 1. The van der Waals surface area contributed by atoms with Crippen molar-refractivity contribution in [1.29, 1.82) is 0 Å². The first-order chi connectivity index (χ1) is 12.0. The van der Waals surface area contributed by atoms with Crippen LogP contribution in [0.4, 0.5) is 0 Å². The zero-order valence-electron chi connectivity index (χ0n) is 14.8. The quantitative estimate of drug-likeness (QED) is 0.795. The minimum Gasteiger partial charge on any atom is -0.353 e. The van der Waals surface area contributed by atoms with Crippen LogP contribution in [0.2, 0.25) is 0 Å².